The highest BCUT2D eigenvalue weighted by atomic mass is 19.4. The molecule has 0 saturated heterocycles. The molecule has 140 valence electrons. The van der Waals surface area contributed by atoms with E-state index >= 15 is 0 Å². The standard InChI is InChI=1S/C18H16F3N5O/c19-18(20,21)15-7-6-14(10-22-15)17(27)23-11-16-25-24-12-26(16)9-8-13-4-2-1-3-5-13/h1-7,10,12H,8-9,11H2,(H,23,27). The molecule has 0 radical (unpaired) electrons. The Bertz CT molecular complexity index is 891. The summed E-state index contributed by atoms with van der Waals surface area (Å²) in [5, 5.41) is 10.4. The van der Waals surface area contributed by atoms with Crippen LogP contribution in [0.4, 0.5) is 13.2 Å². The third-order valence-corrected chi connectivity index (χ3v) is 3.90. The average molecular weight is 375 g/mol. The van der Waals surface area contributed by atoms with Crippen molar-refractivity contribution in [2.75, 3.05) is 0 Å². The Morgan fingerprint density at radius 1 is 1.11 bits per heavy atom. The fourth-order valence-corrected chi connectivity index (χ4v) is 2.45. The normalized spacial score (nSPS) is 11.4. The van der Waals surface area contributed by atoms with Crippen molar-refractivity contribution >= 4 is 5.91 Å². The summed E-state index contributed by atoms with van der Waals surface area (Å²) in [6.45, 7) is 0.749. The van der Waals surface area contributed by atoms with Crippen LogP contribution in [0.1, 0.15) is 27.4 Å². The summed E-state index contributed by atoms with van der Waals surface area (Å²) in [4.78, 5) is 15.4. The Labute approximate surface area is 153 Å². The van der Waals surface area contributed by atoms with Gasteiger partial charge in [0.15, 0.2) is 5.82 Å². The molecule has 0 saturated carbocycles. The zero-order valence-corrected chi connectivity index (χ0v) is 14.1. The second-order valence-corrected chi connectivity index (χ2v) is 5.79. The number of aryl methyl sites for hydroxylation is 2. The molecule has 9 heteroatoms. The van der Waals surface area contributed by atoms with Gasteiger partial charge in [-0.3, -0.25) is 9.78 Å². The molecule has 0 spiro atoms. The Kier molecular flexibility index (Phi) is 5.49. The summed E-state index contributed by atoms with van der Waals surface area (Å²) < 4.78 is 39.4. The van der Waals surface area contributed by atoms with Crippen molar-refractivity contribution in [3.63, 3.8) is 0 Å². The topological polar surface area (TPSA) is 72.7 Å². The Balaban J connectivity index is 1.57. The van der Waals surface area contributed by atoms with Gasteiger partial charge in [-0.2, -0.15) is 13.2 Å². The third-order valence-electron chi connectivity index (χ3n) is 3.90. The van der Waals surface area contributed by atoms with Gasteiger partial charge in [0.1, 0.15) is 12.0 Å². The first-order valence-corrected chi connectivity index (χ1v) is 8.15. The quantitative estimate of drug-likeness (QED) is 0.719. The molecule has 1 amide bonds. The molecule has 1 N–H and O–H groups in total. The Hall–Kier alpha value is -3.23. The number of benzene rings is 1. The zero-order valence-electron chi connectivity index (χ0n) is 14.1. The number of nitrogens with one attached hydrogen (secondary N) is 1. The van der Waals surface area contributed by atoms with E-state index in [-0.39, 0.29) is 12.1 Å². The molecule has 0 bridgehead atoms. The lowest BCUT2D eigenvalue weighted by atomic mass is 10.1. The first-order valence-electron chi connectivity index (χ1n) is 8.15. The van der Waals surface area contributed by atoms with Gasteiger partial charge in [-0.25, -0.2) is 0 Å². The minimum Gasteiger partial charge on any atom is -0.345 e. The van der Waals surface area contributed by atoms with Crippen LogP contribution in [0.3, 0.4) is 0 Å². The fourth-order valence-electron chi connectivity index (χ4n) is 2.45. The number of pyridine rings is 1. The van der Waals surface area contributed by atoms with Gasteiger partial charge in [0.2, 0.25) is 0 Å². The second kappa shape index (κ2) is 7.98. The van der Waals surface area contributed by atoms with E-state index in [2.05, 4.69) is 20.5 Å². The van der Waals surface area contributed by atoms with Crippen molar-refractivity contribution in [2.45, 2.75) is 25.7 Å². The monoisotopic (exact) mass is 375 g/mol. The van der Waals surface area contributed by atoms with E-state index in [0.717, 1.165) is 30.3 Å². The smallest absolute Gasteiger partial charge is 0.345 e. The molecule has 3 aromatic rings. The minimum absolute atomic E-state index is 0.0401. The summed E-state index contributed by atoms with van der Waals surface area (Å²) >= 11 is 0. The summed E-state index contributed by atoms with van der Waals surface area (Å²) in [6, 6.07) is 11.8. The van der Waals surface area contributed by atoms with Gasteiger partial charge in [0.25, 0.3) is 5.91 Å². The van der Waals surface area contributed by atoms with Crippen LogP contribution in [0.25, 0.3) is 0 Å². The summed E-state index contributed by atoms with van der Waals surface area (Å²) in [5.41, 5.74) is 0.162. The molecule has 0 aliphatic heterocycles. The van der Waals surface area contributed by atoms with E-state index in [1.54, 1.807) is 6.33 Å². The first kappa shape index (κ1) is 18.6. The van der Waals surface area contributed by atoms with Crippen LogP contribution in [0.2, 0.25) is 0 Å². The molecule has 6 nitrogen and oxygen atoms in total. The molecule has 0 aliphatic carbocycles. The van der Waals surface area contributed by atoms with Crippen molar-refractivity contribution in [3.8, 4) is 0 Å². The van der Waals surface area contributed by atoms with Crippen molar-refractivity contribution in [3.05, 3.63) is 77.6 Å². The van der Waals surface area contributed by atoms with Crippen LogP contribution in [0.5, 0.6) is 0 Å². The molecule has 0 fully saturated rings. The van der Waals surface area contributed by atoms with E-state index < -0.39 is 17.8 Å². The summed E-state index contributed by atoms with van der Waals surface area (Å²) in [7, 11) is 0. The molecule has 0 aliphatic rings. The zero-order chi connectivity index (χ0) is 19.3. The first-order chi connectivity index (χ1) is 12.9. The number of hydrogen-bond acceptors (Lipinski definition) is 4. The molecule has 0 atom stereocenters. The third kappa shape index (κ3) is 4.90. The fraction of sp³-hybridized carbons (Fsp3) is 0.222. The van der Waals surface area contributed by atoms with Crippen molar-refractivity contribution in [1.29, 1.82) is 0 Å². The van der Waals surface area contributed by atoms with Gasteiger partial charge >= 0.3 is 6.18 Å². The minimum atomic E-state index is -4.54. The molecular formula is C18H16F3N5O. The number of carbonyl (C=O) groups excluding carboxylic acids is 1. The van der Waals surface area contributed by atoms with Gasteiger partial charge in [-0.05, 0) is 24.1 Å². The number of halogens is 3. The highest BCUT2D eigenvalue weighted by Crippen LogP contribution is 2.27. The lowest BCUT2D eigenvalue weighted by Crippen LogP contribution is -2.25. The lowest BCUT2D eigenvalue weighted by molar-refractivity contribution is -0.141. The van der Waals surface area contributed by atoms with Gasteiger partial charge < -0.3 is 9.88 Å². The van der Waals surface area contributed by atoms with Crippen LogP contribution in [-0.4, -0.2) is 25.7 Å². The predicted molar refractivity (Wildman–Crippen MR) is 90.6 cm³/mol. The van der Waals surface area contributed by atoms with Gasteiger partial charge in [0.05, 0.1) is 12.1 Å². The Morgan fingerprint density at radius 3 is 2.56 bits per heavy atom. The maximum absolute atomic E-state index is 12.5. The molecule has 3 rings (SSSR count). The number of alkyl halides is 3. The largest absolute Gasteiger partial charge is 0.433 e. The van der Waals surface area contributed by atoms with Crippen molar-refractivity contribution < 1.29 is 18.0 Å². The molecular weight excluding hydrogens is 359 g/mol. The Morgan fingerprint density at radius 2 is 1.89 bits per heavy atom. The van der Waals surface area contributed by atoms with Crippen molar-refractivity contribution in [1.82, 2.24) is 25.1 Å². The van der Waals surface area contributed by atoms with Gasteiger partial charge in [0, 0.05) is 12.7 Å². The highest BCUT2D eigenvalue weighted by molar-refractivity contribution is 5.93. The second-order valence-electron chi connectivity index (χ2n) is 5.79. The van der Waals surface area contributed by atoms with E-state index in [0.29, 0.717) is 12.4 Å². The molecule has 27 heavy (non-hydrogen) atoms. The average Bonchev–Trinajstić information content (AvgIpc) is 3.12. The number of carbonyl (C=O) groups is 1. The highest BCUT2D eigenvalue weighted by Gasteiger charge is 2.32. The van der Waals surface area contributed by atoms with E-state index in [4.69, 9.17) is 0 Å². The van der Waals surface area contributed by atoms with Crippen LogP contribution >= 0.6 is 0 Å². The maximum Gasteiger partial charge on any atom is 0.433 e. The number of nitrogens with zero attached hydrogens (tertiary/aromatic N) is 4. The molecule has 0 unspecified atom stereocenters. The number of hydrogen-bond donors (Lipinski definition) is 1. The van der Waals surface area contributed by atoms with Crippen molar-refractivity contribution in [2.24, 2.45) is 0 Å². The van der Waals surface area contributed by atoms with Crippen LogP contribution < -0.4 is 5.32 Å². The molecule has 1 aromatic carbocycles. The SMILES string of the molecule is O=C(NCc1nncn1CCc1ccccc1)c1ccc(C(F)(F)F)nc1. The number of amides is 1. The van der Waals surface area contributed by atoms with E-state index in [9.17, 15) is 18.0 Å². The lowest BCUT2D eigenvalue weighted by Gasteiger charge is -2.09. The van der Waals surface area contributed by atoms with Crippen LogP contribution in [-0.2, 0) is 25.7 Å². The summed E-state index contributed by atoms with van der Waals surface area (Å²) in [6.07, 6.45) is -1.28. The number of aromatic nitrogens is 4. The predicted octanol–water partition coefficient (Wildman–Crippen LogP) is 2.86. The number of rotatable bonds is 6. The molecule has 2 heterocycles. The van der Waals surface area contributed by atoms with E-state index in [1.165, 1.54) is 0 Å². The van der Waals surface area contributed by atoms with Gasteiger partial charge in [-0.1, -0.05) is 30.3 Å². The van der Waals surface area contributed by atoms with E-state index in [1.807, 2.05) is 34.9 Å². The van der Waals surface area contributed by atoms with Crippen LogP contribution in [0.15, 0.2) is 55.0 Å². The molecule has 2 aromatic heterocycles. The maximum atomic E-state index is 12.5. The van der Waals surface area contributed by atoms with Gasteiger partial charge in [-0.15, -0.1) is 10.2 Å². The summed E-state index contributed by atoms with van der Waals surface area (Å²) in [5.74, 6) is 0.0213. The van der Waals surface area contributed by atoms with Crippen LogP contribution in [0, 0.1) is 0 Å².